The summed E-state index contributed by atoms with van der Waals surface area (Å²) < 4.78 is 5.67. The highest BCUT2D eigenvalue weighted by molar-refractivity contribution is 7.17. The molecule has 0 aliphatic rings. The summed E-state index contributed by atoms with van der Waals surface area (Å²) in [6.07, 6.45) is 2.09. The van der Waals surface area contributed by atoms with E-state index < -0.39 is 0 Å². The zero-order chi connectivity index (χ0) is 12.8. The molecule has 0 saturated heterocycles. The van der Waals surface area contributed by atoms with Gasteiger partial charge in [0, 0.05) is 13.7 Å². The van der Waals surface area contributed by atoms with Crippen molar-refractivity contribution in [2.75, 3.05) is 20.3 Å². The van der Waals surface area contributed by atoms with E-state index in [0.717, 1.165) is 31.5 Å². The first-order valence-electron chi connectivity index (χ1n) is 5.97. The van der Waals surface area contributed by atoms with Crippen molar-refractivity contribution >= 4 is 21.6 Å². The first-order chi connectivity index (χ1) is 8.81. The first-order valence-corrected chi connectivity index (χ1v) is 6.85. The summed E-state index contributed by atoms with van der Waals surface area (Å²) in [4.78, 5) is 18.9. The normalized spacial score (nSPS) is 11.2. The number of thiophene rings is 1. The van der Waals surface area contributed by atoms with Crippen LogP contribution in [0.25, 0.3) is 10.2 Å². The van der Waals surface area contributed by atoms with Gasteiger partial charge in [-0.25, -0.2) is 4.98 Å². The Labute approximate surface area is 109 Å². The summed E-state index contributed by atoms with van der Waals surface area (Å²) >= 11 is 1.42. The molecule has 0 bridgehead atoms. The molecule has 0 amide bonds. The minimum absolute atomic E-state index is 0.0498. The van der Waals surface area contributed by atoms with Gasteiger partial charge in [-0.3, -0.25) is 4.79 Å². The van der Waals surface area contributed by atoms with Crippen LogP contribution in [0.15, 0.2) is 16.2 Å². The molecule has 0 radical (unpaired) electrons. The molecular weight excluding hydrogens is 250 g/mol. The Balaban J connectivity index is 1.86. The fourth-order valence-corrected chi connectivity index (χ4v) is 2.43. The molecule has 0 saturated carbocycles. The number of hydrogen-bond donors (Lipinski definition) is 2. The zero-order valence-corrected chi connectivity index (χ0v) is 11.2. The van der Waals surface area contributed by atoms with Crippen LogP contribution in [0.1, 0.15) is 18.7 Å². The van der Waals surface area contributed by atoms with E-state index in [-0.39, 0.29) is 5.56 Å². The average Bonchev–Trinajstić information content (AvgIpc) is 2.82. The Hall–Kier alpha value is -1.24. The van der Waals surface area contributed by atoms with Gasteiger partial charge in [0.05, 0.1) is 12.1 Å². The highest BCUT2D eigenvalue weighted by Crippen LogP contribution is 2.13. The molecule has 0 spiro atoms. The Morgan fingerprint density at radius 1 is 1.50 bits per heavy atom. The van der Waals surface area contributed by atoms with Gasteiger partial charge in [0.1, 0.15) is 10.5 Å². The number of H-pyrrole nitrogens is 1. The highest BCUT2D eigenvalue weighted by Gasteiger charge is 2.04. The number of rotatable bonds is 7. The maximum absolute atomic E-state index is 11.7. The number of nitrogens with zero attached hydrogens (tertiary/aromatic N) is 1. The van der Waals surface area contributed by atoms with Gasteiger partial charge < -0.3 is 15.0 Å². The molecule has 0 aliphatic carbocycles. The molecule has 0 unspecified atom stereocenters. The van der Waals surface area contributed by atoms with Crippen molar-refractivity contribution < 1.29 is 4.74 Å². The lowest BCUT2D eigenvalue weighted by molar-refractivity contribution is 0.192. The van der Waals surface area contributed by atoms with Crippen LogP contribution in [0.4, 0.5) is 0 Å². The largest absolute Gasteiger partial charge is 0.385 e. The lowest BCUT2D eigenvalue weighted by Crippen LogP contribution is -2.20. The van der Waals surface area contributed by atoms with Gasteiger partial charge in [0.25, 0.3) is 5.56 Å². The van der Waals surface area contributed by atoms with Crippen LogP contribution < -0.4 is 10.9 Å². The SMILES string of the molecule is COCCCCNCc1nc2ccsc2c(=O)[nH]1. The van der Waals surface area contributed by atoms with Crippen molar-refractivity contribution in [3.8, 4) is 0 Å². The minimum Gasteiger partial charge on any atom is -0.385 e. The summed E-state index contributed by atoms with van der Waals surface area (Å²) in [5.74, 6) is 0.692. The third-order valence-corrected chi connectivity index (χ3v) is 3.51. The standard InChI is InChI=1S/C12H17N3O2S/c1-17-6-3-2-5-13-8-10-14-9-4-7-18-11(9)12(16)15-10/h4,7,13H,2-3,5-6,8H2,1H3,(H,14,15,16). The molecule has 0 aromatic carbocycles. The molecule has 18 heavy (non-hydrogen) atoms. The van der Waals surface area contributed by atoms with E-state index >= 15 is 0 Å². The van der Waals surface area contributed by atoms with Gasteiger partial charge in [-0.15, -0.1) is 11.3 Å². The summed E-state index contributed by atoms with van der Waals surface area (Å²) in [6, 6.07) is 1.87. The number of ether oxygens (including phenoxy) is 1. The van der Waals surface area contributed by atoms with E-state index in [9.17, 15) is 4.79 Å². The van der Waals surface area contributed by atoms with Gasteiger partial charge in [0.2, 0.25) is 0 Å². The van der Waals surface area contributed by atoms with Crippen molar-refractivity contribution in [1.29, 1.82) is 0 Å². The molecule has 2 aromatic heterocycles. The second-order valence-electron chi connectivity index (χ2n) is 4.02. The third-order valence-electron chi connectivity index (χ3n) is 2.61. The van der Waals surface area contributed by atoms with E-state index in [1.807, 2.05) is 11.4 Å². The number of hydrogen-bond acceptors (Lipinski definition) is 5. The van der Waals surface area contributed by atoms with Crippen LogP contribution in [0, 0.1) is 0 Å². The second kappa shape index (κ2) is 6.63. The number of aromatic nitrogens is 2. The molecule has 98 valence electrons. The molecule has 2 N–H and O–H groups in total. The fourth-order valence-electron chi connectivity index (χ4n) is 1.71. The van der Waals surface area contributed by atoms with Crippen molar-refractivity contribution in [1.82, 2.24) is 15.3 Å². The monoisotopic (exact) mass is 267 g/mol. The summed E-state index contributed by atoms with van der Waals surface area (Å²) in [5, 5.41) is 5.14. The molecule has 2 rings (SSSR count). The topological polar surface area (TPSA) is 67.0 Å². The van der Waals surface area contributed by atoms with Crippen molar-refractivity contribution in [2.24, 2.45) is 0 Å². The highest BCUT2D eigenvalue weighted by atomic mass is 32.1. The predicted molar refractivity (Wildman–Crippen MR) is 73.1 cm³/mol. The van der Waals surface area contributed by atoms with E-state index in [4.69, 9.17) is 4.74 Å². The first kappa shape index (κ1) is 13.2. The smallest absolute Gasteiger partial charge is 0.268 e. The molecule has 0 fully saturated rings. The summed E-state index contributed by atoms with van der Waals surface area (Å²) in [5.41, 5.74) is 0.728. The Kier molecular flexibility index (Phi) is 4.86. The molecule has 2 heterocycles. The second-order valence-corrected chi connectivity index (χ2v) is 4.94. The zero-order valence-electron chi connectivity index (χ0n) is 10.4. The van der Waals surface area contributed by atoms with Crippen LogP contribution in [-0.4, -0.2) is 30.2 Å². The van der Waals surface area contributed by atoms with Crippen LogP contribution in [0.5, 0.6) is 0 Å². The van der Waals surface area contributed by atoms with E-state index in [0.29, 0.717) is 17.1 Å². The molecular formula is C12H17N3O2S. The lowest BCUT2D eigenvalue weighted by atomic mass is 10.3. The molecule has 0 atom stereocenters. The van der Waals surface area contributed by atoms with Crippen molar-refractivity contribution in [3.05, 3.63) is 27.6 Å². The Bertz CT molecular complexity index is 549. The molecule has 6 heteroatoms. The predicted octanol–water partition coefficient (Wildman–Crippen LogP) is 1.50. The molecule has 5 nitrogen and oxygen atoms in total. The number of nitrogens with one attached hydrogen (secondary N) is 2. The van der Waals surface area contributed by atoms with Gasteiger partial charge >= 0.3 is 0 Å². The Morgan fingerprint density at radius 3 is 3.22 bits per heavy atom. The third kappa shape index (κ3) is 3.38. The van der Waals surface area contributed by atoms with Crippen molar-refractivity contribution in [3.63, 3.8) is 0 Å². The summed E-state index contributed by atoms with van der Waals surface area (Å²) in [7, 11) is 1.71. The van der Waals surface area contributed by atoms with Crippen molar-refractivity contribution in [2.45, 2.75) is 19.4 Å². The number of unbranched alkanes of at least 4 members (excludes halogenated alkanes) is 1. The van der Waals surface area contributed by atoms with Gasteiger partial charge in [-0.05, 0) is 30.8 Å². The lowest BCUT2D eigenvalue weighted by Gasteiger charge is -2.04. The number of fused-ring (bicyclic) bond motifs is 1. The maximum Gasteiger partial charge on any atom is 0.268 e. The quantitative estimate of drug-likeness (QED) is 0.746. The van der Waals surface area contributed by atoms with Crippen LogP contribution in [0.2, 0.25) is 0 Å². The van der Waals surface area contributed by atoms with E-state index in [1.165, 1.54) is 11.3 Å². The average molecular weight is 267 g/mol. The van der Waals surface area contributed by atoms with Crippen LogP contribution in [0.3, 0.4) is 0 Å². The maximum atomic E-state index is 11.7. The van der Waals surface area contributed by atoms with Gasteiger partial charge in [-0.2, -0.15) is 0 Å². The summed E-state index contributed by atoms with van der Waals surface area (Å²) in [6.45, 7) is 2.28. The number of methoxy groups -OCH3 is 1. The fraction of sp³-hybridized carbons (Fsp3) is 0.500. The van der Waals surface area contributed by atoms with E-state index in [2.05, 4.69) is 15.3 Å². The molecule has 0 aliphatic heterocycles. The molecule has 2 aromatic rings. The Morgan fingerprint density at radius 2 is 2.39 bits per heavy atom. The number of aromatic amines is 1. The van der Waals surface area contributed by atoms with Gasteiger partial charge in [0.15, 0.2) is 0 Å². The van der Waals surface area contributed by atoms with Crippen LogP contribution in [-0.2, 0) is 11.3 Å². The minimum atomic E-state index is -0.0498. The van der Waals surface area contributed by atoms with Crippen LogP contribution >= 0.6 is 11.3 Å². The van der Waals surface area contributed by atoms with Gasteiger partial charge in [-0.1, -0.05) is 0 Å². The van der Waals surface area contributed by atoms with E-state index in [1.54, 1.807) is 7.11 Å².